The van der Waals surface area contributed by atoms with Gasteiger partial charge in [-0.2, -0.15) is 0 Å². The van der Waals surface area contributed by atoms with Crippen LogP contribution in [-0.4, -0.2) is 32.5 Å². The summed E-state index contributed by atoms with van der Waals surface area (Å²) in [5.41, 5.74) is 0.554. The van der Waals surface area contributed by atoms with Gasteiger partial charge in [0.2, 0.25) is 0 Å². The molecule has 0 fully saturated rings. The molecule has 0 aliphatic carbocycles. The predicted molar refractivity (Wildman–Crippen MR) is 73.6 cm³/mol. The van der Waals surface area contributed by atoms with Crippen molar-refractivity contribution in [3.05, 3.63) is 42.9 Å². The van der Waals surface area contributed by atoms with Crippen molar-refractivity contribution < 1.29 is 8.42 Å². The quantitative estimate of drug-likeness (QED) is 0.913. The van der Waals surface area contributed by atoms with E-state index in [2.05, 4.69) is 15.3 Å². The Kier molecular flexibility index (Phi) is 3.66. The first-order valence-electron chi connectivity index (χ1n) is 5.58. The SMILES string of the molecule is CNc1cc(S(=O)(=O)N(C)c2ccncc2)ccn1. The summed E-state index contributed by atoms with van der Waals surface area (Å²) in [6.45, 7) is 0. The second-order valence-corrected chi connectivity index (χ2v) is 5.77. The lowest BCUT2D eigenvalue weighted by molar-refractivity contribution is 0.594. The van der Waals surface area contributed by atoms with E-state index in [-0.39, 0.29) is 4.90 Å². The van der Waals surface area contributed by atoms with Crippen LogP contribution in [0.25, 0.3) is 0 Å². The Morgan fingerprint density at radius 3 is 2.47 bits per heavy atom. The highest BCUT2D eigenvalue weighted by molar-refractivity contribution is 7.92. The standard InChI is InChI=1S/C12H14N4O2S/c1-13-12-9-11(5-8-15-12)19(17,18)16(2)10-3-6-14-7-4-10/h3-9H,1-2H3,(H,13,15). The minimum Gasteiger partial charge on any atom is -0.373 e. The van der Waals surface area contributed by atoms with Gasteiger partial charge in [0, 0.05) is 38.8 Å². The average Bonchev–Trinajstić information content (AvgIpc) is 2.47. The van der Waals surface area contributed by atoms with Gasteiger partial charge in [-0.3, -0.25) is 9.29 Å². The van der Waals surface area contributed by atoms with Gasteiger partial charge < -0.3 is 5.32 Å². The number of sulfonamides is 1. The summed E-state index contributed by atoms with van der Waals surface area (Å²) in [6, 6.07) is 6.23. The lowest BCUT2D eigenvalue weighted by Gasteiger charge is -2.19. The van der Waals surface area contributed by atoms with Gasteiger partial charge in [0.05, 0.1) is 10.6 Å². The molecule has 0 aromatic carbocycles. The van der Waals surface area contributed by atoms with Crippen molar-refractivity contribution >= 4 is 21.5 Å². The molecule has 0 atom stereocenters. The van der Waals surface area contributed by atoms with Crippen LogP contribution in [0.3, 0.4) is 0 Å². The molecule has 0 saturated heterocycles. The van der Waals surface area contributed by atoms with Crippen LogP contribution < -0.4 is 9.62 Å². The number of nitrogens with zero attached hydrogens (tertiary/aromatic N) is 3. The number of hydrogen-bond donors (Lipinski definition) is 1. The highest BCUT2D eigenvalue weighted by Gasteiger charge is 2.21. The van der Waals surface area contributed by atoms with Gasteiger partial charge in [-0.15, -0.1) is 0 Å². The summed E-state index contributed by atoms with van der Waals surface area (Å²) < 4.78 is 26.1. The zero-order valence-corrected chi connectivity index (χ0v) is 11.4. The fourth-order valence-corrected chi connectivity index (χ4v) is 2.77. The lowest BCUT2D eigenvalue weighted by atomic mass is 10.4. The summed E-state index contributed by atoms with van der Waals surface area (Å²) in [7, 11) is -0.409. The first-order chi connectivity index (χ1) is 9.05. The topological polar surface area (TPSA) is 75.2 Å². The van der Waals surface area contributed by atoms with Gasteiger partial charge in [0.15, 0.2) is 0 Å². The Labute approximate surface area is 112 Å². The number of anilines is 2. The third-order valence-corrected chi connectivity index (χ3v) is 4.45. The molecule has 0 radical (unpaired) electrons. The molecular weight excluding hydrogens is 264 g/mol. The van der Waals surface area contributed by atoms with Gasteiger partial charge >= 0.3 is 0 Å². The molecule has 1 N–H and O–H groups in total. The number of rotatable bonds is 4. The maximum Gasteiger partial charge on any atom is 0.264 e. The molecule has 0 aliphatic rings. The molecule has 6 nitrogen and oxygen atoms in total. The molecular formula is C12H14N4O2S. The summed E-state index contributed by atoms with van der Waals surface area (Å²) in [4.78, 5) is 8.05. The van der Waals surface area contributed by atoms with E-state index in [4.69, 9.17) is 0 Å². The monoisotopic (exact) mass is 278 g/mol. The maximum absolute atomic E-state index is 12.5. The minimum absolute atomic E-state index is 0.186. The summed E-state index contributed by atoms with van der Waals surface area (Å²) in [6.07, 6.45) is 4.55. The van der Waals surface area contributed by atoms with Crippen LogP contribution in [0, 0.1) is 0 Å². The van der Waals surface area contributed by atoms with Crippen LogP contribution in [0.5, 0.6) is 0 Å². The van der Waals surface area contributed by atoms with Gasteiger partial charge in [-0.25, -0.2) is 13.4 Å². The molecule has 0 unspecified atom stereocenters. The van der Waals surface area contributed by atoms with E-state index in [1.165, 1.54) is 29.7 Å². The van der Waals surface area contributed by atoms with Crippen molar-refractivity contribution in [1.82, 2.24) is 9.97 Å². The third-order valence-electron chi connectivity index (χ3n) is 2.67. The smallest absolute Gasteiger partial charge is 0.264 e. The Morgan fingerprint density at radius 2 is 1.84 bits per heavy atom. The molecule has 2 heterocycles. The molecule has 0 spiro atoms. The van der Waals surface area contributed by atoms with Crippen LogP contribution in [0.4, 0.5) is 11.5 Å². The third kappa shape index (κ3) is 2.65. The molecule has 7 heteroatoms. The highest BCUT2D eigenvalue weighted by Crippen LogP contribution is 2.21. The minimum atomic E-state index is -3.60. The molecule has 2 aromatic rings. The van der Waals surface area contributed by atoms with E-state index in [0.29, 0.717) is 11.5 Å². The van der Waals surface area contributed by atoms with Gasteiger partial charge in [0.1, 0.15) is 5.82 Å². The molecule has 0 aliphatic heterocycles. The molecule has 0 saturated carbocycles. The van der Waals surface area contributed by atoms with Crippen molar-refractivity contribution in [1.29, 1.82) is 0 Å². The Hall–Kier alpha value is -2.15. The van der Waals surface area contributed by atoms with E-state index >= 15 is 0 Å². The second kappa shape index (κ2) is 5.23. The molecule has 2 aromatic heterocycles. The number of nitrogens with one attached hydrogen (secondary N) is 1. The highest BCUT2D eigenvalue weighted by atomic mass is 32.2. The van der Waals surface area contributed by atoms with Crippen molar-refractivity contribution in [2.24, 2.45) is 0 Å². The maximum atomic E-state index is 12.5. The van der Waals surface area contributed by atoms with Gasteiger partial charge in [-0.1, -0.05) is 0 Å². The van der Waals surface area contributed by atoms with Crippen LogP contribution >= 0.6 is 0 Å². The fourth-order valence-electron chi connectivity index (χ4n) is 1.56. The summed E-state index contributed by atoms with van der Waals surface area (Å²) in [5, 5.41) is 2.81. The zero-order chi connectivity index (χ0) is 13.9. The van der Waals surface area contributed by atoms with Crippen molar-refractivity contribution in [2.45, 2.75) is 4.90 Å². The van der Waals surface area contributed by atoms with Crippen LogP contribution in [-0.2, 0) is 10.0 Å². The Bertz CT molecular complexity index is 658. The van der Waals surface area contributed by atoms with E-state index in [9.17, 15) is 8.42 Å². The van der Waals surface area contributed by atoms with Crippen molar-refractivity contribution in [3.63, 3.8) is 0 Å². The van der Waals surface area contributed by atoms with Crippen LogP contribution in [0.2, 0.25) is 0 Å². The Morgan fingerprint density at radius 1 is 1.16 bits per heavy atom. The number of aromatic nitrogens is 2. The van der Waals surface area contributed by atoms with Gasteiger partial charge in [0.25, 0.3) is 10.0 Å². The van der Waals surface area contributed by atoms with E-state index < -0.39 is 10.0 Å². The fraction of sp³-hybridized carbons (Fsp3) is 0.167. The average molecular weight is 278 g/mol. The number of hydrogen-bond acceptors (Lipinski definition) is 5. The molecule has 19 heavy (non-hydrogen) atoms. The first kappa shape index (κ1) is 13.3. The number of pyridine rings is 2. The zero-order valence-electron chi connectivity index (χ0n) is 10.6. The molecule has 2 rings (SSSR count). The molecule has 0 amide bonds. The lowest BCUT2D eigenvalue weighted by Crippen LogP contribution is -2.26. The predicted octanol–water partition coefficient (Wildman–Crippen LogP) is 1.34. The second-order valence-electron chi connectivity index (χ2n) is 3.80. The van der Waals surface area contributed by atoms with Gasteiger partial charge in [-0.05, 0) is 18.2 Å². The molecule has 0 bridgehead atoms. The summed E-state index contributed by atoms with van der Waals surface area (Å²) in [5.74, 6) is 0.504. The molecule has 100 valence electrons. The van der Waals surface area contributed by atoms with Crippen LogP contribution in [0.1, 0.15) is 0 Å². The Balaban J connectivity index is 2.42. The van der Waals surface area contributed by atoms with Crippen molar-refractivity contribution in [3.8, 4) is 0 Å². The normalized spacial score (nSPS) is 11.1. The summed E-state index contributed by atoms with van der Waals surface area (Å²) >= 11 is 0. The van der Waals surface area contributed by atoms with Crippen LogP contribution in [0.15, 0.2) is 47.8 Å². The largest absolute Gasteiger partial charge is 0.373 e. The van der Waals surface area contributed by atoms with E-state index in [1.807, 2.05) is 0 Å². The first-order valence-corrected chi connectivity index (χ1v) is 7.02. The van der Waals surface area contributed by atoms with E-state index in [1.54, 1.807) is 31.6 Å². The van der Waals surface area contributed by atoms with E-state index in [0.717, 1.165) is 0 Å². The van der Waals surface area contributed by atoms with Crippen molar-refractivity contribution in [2.75, 3.05) is 23.7 Å².